The molecule has 0 heterocycles. The van der Waals surface area contributed by atoms with Gasteiger partial charge < -0.3 is 15.4 Å². The molecule has 1 atom stereocenters. The second kappa shape index (κ2) is 10.3. The van der Waals surface area contributed by atoms with Crippen molar-refractivity contribution in [3.05, 3.63) is 87.9 Å². The monoisotopic (exact) mass is 484 g/mol. The lowest BCUT2D eigenvalue weighted by molar-refractivity contribution is -0.122. The zero-order chi connectivity index (χ0) is 24.2. The van der Waals surface area contributed by atoms with Crippen LogP contribution in [0.3, 0.4) is 0 Å². The van der Waals surface area contributed by atoms with Gasteiger partial charge in [-0.2, -0.15) is 0 Å². The summed E-state index contributed by atoms with van der Waals surface area (Å²) in [4.78, 5) is 25.0. The summed E-state index contributed by atoms with van der Waals surface area (Å²) < 4.78 is 5.63. The van der Waals surface area contributed by atoms with Crippen molar-refractivity contribution in [2.45, 2.75) is 39.2 Å². The van der Waals surface area contributed by atoms with E-state index in [1.807, 2.05) is 24.3 Å². The number of benzene rings is 3. The van der Waals surface area contributed by atoms with Crippen molar-refractivity contribution >= 4 is 46.4 Å². The van der Waals surface area contributed by atoms with Crippen molar-refractivity contribution in [3.63, 3.8) is 0 Å². The molecular formula is C26H26Cl2N2O3. The predicted molar refractivity (Wildman–Crippen MR) is 135 cm³/mol. The number of ether oxygens (including phenoxy) is 1. The molecule has 3 rings (SSSR count). The molecule has 0 aliphatic carbocycles. The molecule has 0 bridgehead atoms. The third-order valence-electron chi connectivity index (χ3n) is 4.99. The third-order valence-corrected chi connectivity index (χ3v) is 5.52. The van der Waals surface area contributed by atoms with Crippen molar-refractivity contribution in [2.24, 2.45) is 0 Å². The van der Waals surface area contributed by atoms with E-state index >= 15 is 0 Å². The number of nitrogens with one attached hydrogen (secondary N) is 2. The Morgan fingerprint density at radius 3 is 1.97 bits per heavy atom. The molecule has 33 heavy (non-hydrogen) atoms. The highest BCUT2D eigenvalue weighted by atomic mass is 35.5. The quantitative estimate of drug-likeness (QED) is 0.397. The fourth-order valence-electron chi connectivity index (χ4n) is 3.02. The van der Waals surface area contributed by atoms with Crippen molar-refractivity contribution in [1.82, 2.24) is 0 Å². The first-order chi connectivity index (χ1) is 15.5. The van der Waals surface area contributed by atoms with Gasteiger partial charge in [-0.05, 0) is 72.5 Å². The number of hydrogen-bond acceptors (Lipinski definition) is 3. The summed E-state index contributed by atoms with van der Waals surface area (Å²) in [5, 5.41) is 6.45. The second-order valence-electron chi connectivity index (χ2n) is 8.68. The van der Waals surface area contributed by atoms with Gasteiger partial charge in [0.1, 0.15) is 5.75 Å². The van der Waals surface area contributed by atoms with Crippen molar-refractivity contribution in [2.75, 3.05) is 10.6 Å². The van der Waals surface area contributed by atoms with E-state index in [9.17, 15) is 9.59 Å². The van der Waals surface area contributed by atoms with Crippen LogP contribution in [-0.4, -0.2) is 17.9 Å². The van der Waals surface area contributed by atoms with Gasteiger partial charge in [-0.25, -0.2) is 0 Å². The molecule has 0 aliphatic rings. The predicted octanol–water partition coefficient (Wildman–Crippen LogP) is 6.95. The molecular weight excluding hydrogens is 459 g/mol. The SMILES string of the molecule is CC(Oc1ccc(Cl)cc1Cl)C(=O)Nc1ccc(NC(=O)c2ccc(C(C)(C)C)cc2)cc1. The summed E-state index contributed by atoms with van der Waals surface area (Å²) in [7, 11) is 0. The lowest BCUT2D eigenvalue weighted by Crippen LogP contribution is -2.30. The number of hydrogen-bond donors (Lipinski definition) is 2. The van der Waals surface area contributed by atoms with Crippen LogP contribution >= 0.6 is 23.2 Å². The molecule has 7 heteroatoms. The fraction of sp³-hybridized carbons (Fsp3) is 0.231. The van der Waals surface area contributed by atoms with Crippen LogP contribution in [0.2, 0.25) is 10.0 Å². The highest BCUT2D eigenvalue weighted by Crippen LogP contribution is 2.28. The highest BCUT2D eigenvalue weighted by Gasteiger charge is 2.17. The zero-order valence-corrected chi connectivity index (χ0v) is 20.4. The Balaban J connectivity index is 1.57. The summed E-state index contributed by atoms with van der Waals surface area (Å²) in [6, 6.07) is 19.2. The topological polar surface area (TPSA) is 67.4 Å². The van der Waals surface area contributed by atoms with Crippen LogP contribution < -0.4 is 15.4 Å². The Bertz CT molecular complexity index is 1140. The van der Waals surface area contributed by atoms with Crippen LogP contribution in [-0.2, 0) is 10.2 Å². The fourth-order valence-corrected chi connectivity index (χ4v) is 3.47. The number of anilines is 2. The van der Waals surface area contributed by atoms with Crippen LogP contribution in [0.4, 0.5) is 11.4 Å². The van der Waals surface area contributed by atoms with Crippen LogP contribution in [0.25, 0.3) is 0 Å². The summed E-state index contributed by atoms with van der Waals surface area (Å²) in [5.41, 5.74) is 2.96. The van der Waals surface area contributed by atoms with Crippen molar-refractivity contribution in [1.29, 1.82) is 0 Å². The molecule has 5 nitrogen and oxygen atoms in total. The minimum absolute atomic E-state index is 0.0267. The Morgan fingerprint density at radius 1 is 0.848 bits per heavy atom. The Morgan fingerprint density at radius 2 is 1.42 bits per heavy atom. The summed E-state index contributed by atoms with van der Waals surface area (Å²) in [6.45, 7) is 8.01. The van der Waals surface area contributed by atoms with Gasteiger partial charge in [0.25, 0.3) is 11.8 Å². The molecule has 172 valence electrons. The third kappa shape index (κ3) is 6.73. The first-order valence-electron chi connectivity index (χ1n) is 10.5. The molecule has 0 spiro atoms. The van der Waals surface area contributed by atoms with Gasteiger partial charge in [0.05, 0.1) is 5.02 Å². The van der Waals surface area contributed by atoms with E-state index < -0.39 is 6.10 Å². The number of halogens is 2. The Hall–Kier alpha value is -3.02. The molecule has 0 aromatic heterocycles. The smallest absolute Gasteiger partial charge is 0.265 e. The molecule has 0 radical (unpaired) electrons. The first-order valence-corrected chi connectivity index (χ1v) is 11.2. The van der Waals surface area contributed by atoms with E-state index in [4.69, 9.17) is 27.9 Å². The van der Waals surface area contributed by atoms with Gasteiger partial charge in [0, 0.05) is 22.0 Å². The van der Waals surface area contributed by atoms with Crippen LogP contribution in [0.5, 0.6) is 5.75 Å². The Labute approximate surface area is 204 Å². The Kier molecular flexibility index (Phi) is 7.67. The molecule has 2 N–H and O–H groups in total. The maximum absolute atomic E-state index is 12.5. The van der Waals surface area contributed by atoms with E-state index in [2.05, 4.69) is 31.4 Å². The summed E-state index contributed by atoms with van der Waals surface area (Å²) in [5.74, 6) is -0.164. The molecule has 0 fully saturated rings. The average Bonchev–Trinajstić information content (AvgIpc) is 2.76. The van der Waals surface area contributed by atoms with Crippen LogP contribution in [0.1, 0.15) is 43.6 Å². The van der Waals surface area contributed by atoms with E-state index in [0.717, 1.165) is 5.56 Å². The van der Waals surface area contributed by atoms with E-state index in [-0.39, 0.29) is 17.2 Å². The van der Waals surface area contributed by atoms with E-state index in [1.165, 1.54) is 0 Å². The van der Waals surface area contributed by atoms with Gasteiger partial charge in [0.15, 0.2) is 6.10 Å². The van der Waals surface area contributed by atoms with Crippen molar-refractivity contribution in [3.8, 4) is 5.75 Å². The zero-order valence-electron chi connectivity index (χ0n) is 18.9. The number of rotatable bonds is 6. The van der Waals surface area contributed by atoms with Gasteiger partial charge in [-0.15, -0.1) is 0 Å². The van der Waals surface area contributed by atoms with Crippen LogP contribution in [0, 0.1) is 0 Å². The van der Waals surface area contributed by atoms with Crippen LogP contribution in [0.15, 0.2) is 66.7 Å². The average molecular weight is 485 g/mol. The maximum atomic E-state index is 12.5. The molecule has 0 saturated heterocycles. The number of carbonyl (C=O) groups excluding carboxylic acids is 2. The minimum Gasteiger partial charge on any atom is -0.479 e. The molecule has 2 amide bonds. The second-order valence-corrected chi connectivity index (χ2v) is 9.53. The number of amides is 2. The maximum Gasteiger partial charge on any atom is 0.265 e. The van der Waals surface area contributed by atoms with Crippen molar-refractivity contribution < 1.29 is 14.3 Å². The lowest BCUT2D eigenvalue weighted by Gasteiger charge is -2.19. The van der Waals surface area contributed by atoms with E-state index in [1.54, 1.807) is 49.4 Å². The molecule has 3 aromatic rings. The van der Waals surface area contributed by atoms with Gasteiger partial charge in [-0.1, -0.05) is 56.1 Å². The molecule has 0 aliphatic heterocycles. The van der Waals surface area contributed by atoms with E-state index in [0.29, 0.717) is 32.7 Å². The summed E-state index contributed by atoms with van der Waals surface area (Å²) >= 11 is 12.0. The standard InChI is InChI=1S/C26H26Cl2N2O3/c1-16(33-23-14-9-19(27)15-22(23)28)24(31)29-20-10-12-21(13-11-20)30-25(32)17-5-7-18(8-6-17)26(2,3)4/h5-16H,1-4H3,(H,29,31)(H,30,32). The largest absolute Gasteiger partial charge is 0.479 e. The lowest BCUT2D eigenvalue weighted by atomic mass is 9.87. The normalized spacial score (nSPS) is 12.1. The van der Waals surface area contributed by atoms with Gasteiger partial charge >= 0.3 is 0 Å². The van der Waals surface area contributed by atoms with Gasteiger partial charge in [0.2, 0.25) is 0 Å². The summed E-state index contributed by atoms with van der Waals surface area (Å²) in [6.07, 6.45) is -0.779. The molecule has 0 saturated carbocycles. The van der Waals surface area contributed by atoms with Gasteiger partial charge in [-0.3, -0.25) is 9.59 Å². The first kappa shape index (κ1) is 24.6. The number of carbonyl (C=O) groups is 2. The highest BCUT2D eigenvalue weighted by molar-refractivity contribution is 6.35. The molecule has 1 unspecified atom stereocenters. The minimum atomic E-state index is -0.779. The molecule has 3 aromatic carbocycles.